The van der Waals surface area contributed by atoms with E-state index in [1.807, 2.05) is 6.92 Å². The predicted molar refractivity (Wildman–Crippen MR) is 70.7 cm³/mol. The molecule has 1 N–H and O–H groups in total. The largest absolute Gasteiger partial charge is 0.296 e. The van der Waals surface area contributed by atoms with Crippen molar-refractivity contribution in [3.63, 3.8) is 0 Å². The van der Waals surface area contributed by atoms with Crippen LogP contribution in [0.15, 0.2) is 23.8 Å². The van der Waals surface area contributed by atoms with Crippen LogP contribution in [0.25, 0.3) is 0 Å². The standard InChI is InChI=1S/C15H21NO2/c1-4-5-8-15(2,3)10-6-7-11-12(9-10)14(18)16-13(11)17/h4-6,11-12H,7-9H2,1-3H3,(H,16,17,18)/b5-4-. The van der Waals surface area contributed by atoms with Crippen molar-refractivity contribution in [2.45, 2.75) is 40.0 Å². The molecule has 1 fully saturated rings. The van der Waals surface area contributed by atoms with Crippen LogP contribution in [0, 0.1) is 17.3 Å². The molecule has 1 aliphatic carbocycles. The monoisotopic (exact) mass is 247 g/mol. The van der Waals surface area contributed by atoms with Crippen molar-refractivity contribution in [3.8, 4) is 0 Å². The normalized spacial score (nSPS) is 28.3. The lowest BCUT2D eigenvalue weighted by Gasteiger charge is -2.32. The van der Waals surface area contributed by atoms with Crippen LogP contribution >= 0.6 is 0 Å². The summed E-state index contributed by atoms with van der Waals surface area (Å²) in [6.45, 7) is 6.42. The summed E-state index contributed by atoms with van der Waals surface area (Å²) in [5.41, 5.74) is 1.38. The highest BCUT2D eigenvalue weighted by Crippen LogP contribution is 2.42. The van der Waals surface area contributed by atoms with Gasteiger partial charge in [0.1, 0.15) is 0 Å². The molecule has 0 aromatic rings. The van der Waals surface area contributed by atoms with E-state index in [0.29, 0.717) is 6.42 Å². The van der Waals surface area contributed by atoms with E-state index in [-0.39, 0.29) is 29.1 Å². The van der Waals surface area contributed by atoms with Gasteiger partial charge in [0.2, 0.25) is 11.8 Å². The first kappa shape index (κ1) is 13.1. The number of hydrogen-bond donors (Lipinski definition) is 1. The van der Waals surface area contributed by atoms with E-state index in [9.17, 15) is 9.59 Å². The van der Waals surface area contributed by atoms with Crippen molar-refractivity contribution in [3.05, 3.63) is 23.8 Å². The van der Waals surface area contributed by atoms with Crippen molar-refractivity contribution in [1.82, 2.24) is 5.32 Å². The van der Waals surface area contributed by atoms with Crippen molar-refractivity contribution < 1.29 is 9.59 Å². The maximum Gasteiger partial charge on any atom is 0.230 e. The number of rotatable bonds is 3. The Morgan fingerprint density at radius 2 is 2.00 bits per heavy atom. The summed E-state index contributed by atoms with van der Waals surface area (Å²) in [5.74, 6) is -0.440. The molecule has 2 rings (SSSR count). The van der Waals surface area contributed by atoms with Gasteiger partial charge in [-0.1, -0.05) is 37.6 Å². The molecule has 0 aromatic carbocycles. The highest BCUT2D eigenvalue weighted by molar-refractivity contribution is 6.05. The molecular weight excluding hydrogens is 226 g/mol. The summed E-state index contributed by atoms with van der Waals surface area (Å²) in [6, 6.07) is 0. The molecule has 2 amide bonds. The Bertz CT molecular complexity index is 432. The minimum Gasteiger partial charge on any atom is -0.296 e. The lowest BCUT2D eigenvalue weighted by Crippen LogP contribution is -2.27. The summed E-state index contributed by atoms with van der Waals surface area (Å²) in [6.07, 6.45) is 8.79. The molecule has 98 valence electrons. The first-order chi connectivity index (χ1) is 8.45. The van der Waals surface area contributed by atoms with E-state index >= 15 is 0 Å². The van der Waals surface area contributed by atoms with Crippen molar-refractivity contribution in [2.24, 2.45) is 17.3 Å². The molecule has 0 radical (unpaired) electrons. The Balaban J connectivity index is 2.16. The zero-order valence-corrected chi connectivity index (χ0v) is 11.3. The Hall–Kier alpha value is -1.38. The molecule has 2 atom stereocenters. The lowest BCUT2D eigenvalue weighted by atomic mass is 9.71. The summed E-state index contributed by atoms with van der Waals surface area (Å²) in [7, 11) is 0. The Morgan fingerprint density at radius 3 is 2.67 bits per heavy atom. The van der Waals surface area contributed by atoms with Crippen LogP contribution in [-0.4, -0.2) is 11.8 Å². The van der Waals surface area contributed by atoms with Gasteiger partial charge in [0.25, 0.3) is 0 Å². The van der Waals surface area contributed by atoms with Gasteiger partial charge in [-0.3, -0.25) is 14.9 Å². The third kappa shape index (κ3) is 2.26. The molecule has 1 heterocycles. The second-order valence-electron chi connectivity index (χ2n) is 5.89. The Kier molecular flexibility index (Phi) is 3.42. The van der Waals surface area contributed by atoms with Gasteiger partial charge >= 0.3 is 0 Å². The van der Waals surface area contributed by atoms with Crippen LogP contribution in [0.3, 0.4) is 0 Å². The molecule has 1 aliphatic heterocycles. The van der Waals surface area contributed by atoms with Crippen LogP contribution < -0.4 is 5.32 Å². The number of fused-ring (bicyclic) bond motifs is 1. The van der Waals surface area contributed by atoms with E-state index < -0.39 is 0 Å². The van der Waals surface area contributed by atoms with Crippen LogP contribution in [0.2, 0.25) is 0 Å². The molecule has 18 heavy (non-hydrogen) atoms. The van der Waals surface area contributed by atoms with Gasteiger partial charge in [-0.25, -0.2) is 0 Å². The smallest absolute Gasteiger partial charge is 0.230 e. The van der Waals surface area contributed by atoms with Crippen LogP contribution in [0.4, 0.5) is 0 Å². The van der Waals surface area contributed by atoms with Gasteiger partial charge in [-0.05, 0) is 31.6 Å². The number of allylic oxidation sites excluding steroid dienone is 4. The molecule has 0 spiro atoms. The third-order valence-electron chi connectivity index (χ3n) is 4.20. The first-order valence-electron chi connectivity index (χ1n) is 6.61. The third-order valence-corrected chi connectivity index (χ3v) is 4.20. The van der Waals surface area contributed by atoms with Gasteiger partial charge in [-0.15, -0.1) is 0 Å². The van der Waals surface area contributed by atoms with Crippen molar-refractivity contribution >= 4 is 11.8 Å². The molecule has 3 heteroatoms. The van der Waals surface area contributed by atoms with E-state index in [0.717, 1.165) is 12.8 Å². The second-order valence-corrected chi connectivity index (χ2v) is 5.89. The van der Waals surface area contributed by atoms with Gasteiger partial charge in [0.05, 0.1) is 11.8 Å². The summed E-state index contributed by atoms with van der Waals surface area (Å²) >= 11 is 0. The van der Waals surface area contributed by atoms with Crippen molar-refractivity contribution in [1.29, 1.82) is 0 Å². The minimum atomic E-state index is -0.137. The molecule has 2 unspecified atom stereocenters. The molecule has 1 saturated heterocycles. The Labute approximate surface area is 108 Å². The molecule has 0 saturated carbocycles. The number of nitrogens with one attached hydrogen (secondary N) is 1. The maximum absolute atomic E-state index is 11.7. The quantitative estimate of drug-likeness (QED) is 0.615. The van der Waals surface area contributed by atoms with Gasteiger partial charge < -0.3 is 0 Å². The highest BCUT2D eigenvalue weighted by Gasteiger charge is 2.44. The molecule has 3 nitrogen and oxygen atoms in total. The van der Waals surface area contributed by atoms with E-state index in [1.165, 1.54) is 5.57 Å². The first-order valence-corrected chi connectivity index (χ1v) is 6.61. The second kappa shape index (κ2) is 4.71. The molecule has 2 aliphatic rings. The van der Waals surface area contributed by atoms with Crippen molar-refractivity contribution in [2.75, 3.05) is 0 Å². The lowest BCUT2D eigenvalue weighted by molar-refractivity contribution is -0.126. The number of amides is 2. The topological polar surface area (TPSA) is 46.2 Å². The van der Waals surface area contributed by atoms with Crippen LogP contribution in [0.1, 0.15) is 40.0 Å². The summed E-state index contributed by atoms with van der Waals surface area (Å²) in [5, 5.41) is 2.45. The molecule has 0 aromatic heterocycles. The van der Waals surface area contributed by atoms with E-state index in [4.69, 9.17) is 0 Å². The zero-order valence-electron chi connectivity index (χ0n) is 11.3. The predicted octanol–water partition coefficient (Wildman–Crippen LogP) is 2.59. The molecule has 0 bridgehead atoms. The average molecular weight is 247 g/mol. The van der Waals surface area contributed by atoms with E-state index in [1.54, 1.807) is 0 Å². The van der Waals surface area contributed by atoms with Gasteiger partial charge in [-0.2, -0.15) is 0 Å². The van der Waals surface area contributed by atoms with Gasteiger partial charge in [0.15, 0.2) is 0 Å². The Morgan fingerprint density at radius 1 is 1.33 bits per heavy atom. The maximum atomic E-state index is 11.7. The van der Waals surface area contributed by atoms with Crippen LogP contribution in [-0.2, 0) is 9.59 Å². The fraction of sp³-hybridized carbons (Fsp3) is 0.600. The summed E-state index contributed by atoms with van der Waals surface area (Å²) < 4.78 is 0. The average Bonchev–Trinajstić information content (AvgIpc) is 2.62. The fourth-order valence-corrected chi connectivity index (χ4v) is 2.86. The SMILES string of the molecule is C/C=C\CC(C)(C)C1=CCC2C(=O)NC(=O)C2C1. The van der Waals surface area contributed by atoms with Gasteiger partial charge in [0, 0.05) is 0 Å². The van der Waals surface area contributed by atoms with E-state index in [2.05, 4.69) is 37.4 Å². The number of hydrogen-bond acceptors (Lipinski definition) is 2. The highest BCUT2D eigenvalue weighted by atomic mass is 16.2. The fourth-order valence-electron chi connectivity index (χ4n) is 2.86. The zero-order chi connectivity index (χ0) is 13.3. The number of carbonyl (C=O) groups excluding carboxylic acids is 2. The number of carbonyl (C=O) groups is 2. The minimum absolute atomic E-state index is 0.0728. The molecular formula is C15H21NO2. The van der Waals surface area contributed by atoms with Crippen LogP contribution in [0.5, 0.6) is 0 Å². The summed E-state index contributed by atoms with van der Waals surface area (Å²) in [4.78, 5) is 23.3. The number of imide groups is 1.